The summed E-state index contributed by atoms with van der Waals surface area (Å²) in [6.07, 6.45) is 4.96. The molecule has 42 heavy (non-hydrogen) atoms. The number of ether oxygens (including phenoxy) is 1. The van der Waals surface area contributed by atoms with Gasteiger partial charge in [-0.3, -0.25) is 10.3 Å². The van der Waals surface area contributed by atoms with Crippen LogP contribution >= 0.6 is 0 Å². The molecule has 11 heteroatoms. The fourth-order valence-electron chi connectivity index (χ4n) is 6.19. The van der Waals surface area contributed by atoms with Gasteiger partial charge in [-0.05, 0) is 68.5 Å². The standard InChI is InChI=1S/C31H38F2N8O/c1-4-26-18-41(38-37-31-34-16-28-30(36-31)39(21(3)35-28)19-27-6-5-15-42-27)20(2)17-40(26)29(22-7-11-24(32)12-8-22)23-9-13-25(33)14-10-23/h7-14,16,20,26-27,29,38H,4-6,15,17-19H2,1-3H3,(H,34,36,37)/t20-,26+,27-/m0/s1. The summed E-state index contributed by atoms with van der Waals surface area (Å²) in [5, 5.41) is 2.17. The summed E-state index contributed by atoms with van der Waals surface area (Å²) in [5.41, 5.74) is 10.1. The van der Waals surface area contributed by atoms with Gasteiger partial charge in [-0.15, -0.1) is 0 Å². The van der Waals surface area contributed by atoms with Gasteiger partial charge in [0.2, 0.25) is 5.95 Å². The molecule has 0 amide bonds. The maximum Gasteiger partial charge on any atom is 0.240 e. The van der Waals surface area contributed by atoms with Crippen molar-refractivity contribution in [1.29, 1.82) is 0 Å². The number of nitrogens with zero attached hydrogens (tertiary/aromatic N) is 6. The van der Waals surface area contributed by atoms with E-state index in [0.29, 0.717) is 5.95 Å². The van der Waals surface area contributed by atoms with Gasteiger partial charge in [-0.25, -0.2) is 23.8 Å². The molecule has 0 saturated carbocycles. The summed E-state index contributed by atoms with van der Waals surface area (Å²) >= 11 is 0. The van der Waals surface area contributed by atoms with Crippen LogP contribution in [0.3, 0.4) is 0 Å². The summed E-state index contributed by atoms with van der Waals surface area (Å²) in [6, 6.07) is 13.4. The summed E-state index contributed by atoms with van der Waals surface area (Å²) < 4.78 is 35.6. The van der Waals surface area contributed by atoms with E-state index in [1.807, 2.05) is 31.2 Å². The number of nitrogens with one attached hydrogen (secondary N) is 2. The zero-order valence-corrected chi connectivity index (χ0v) is 24.3. The van der Waals surface area contributed by atoms with Crippen LogP contribution in [0, 0.1) is 18.6 Å². The second-order valence-corrected chi connectivity index (χ2v) is 11.3. The normalized spacial score (nSPS) is 21.9. The van der Waals surface area contributed by atoms with E-state index < -0.39 is 0 Å². The quantitative estimate of drug-likeness (QED) is 0.270. The van der Waals surface area contributed by atoms with Crippen LogP contribution in [0.15, 0.2) is 54.7 Å². The lowest BCUT2D eigenvalue weighted by Crippen LogP contribution is -2.62. The number of hydrazine groups is 2. The van der Waals surface area contributed by atoms with Crippen molar-refractivity contribution in [3.8, 4) is 0 Å². The molecule has 222 valence electrons. The molecule has 4 heterocycles. The Kier molecular flexibility index (Phi) is 8.43. The van der Waals surface area contributed by atoms with E-state index in [1.54, 1.807) is 6.20 Å². The highest BCUT2D eigenvalue weighted by atomic mass is 19.1. The second kappa shape index (κ2) is 12.4. The van der Waals surface area contributed by atoms with Crippen molar-refractivity contribution < 1.29 is 13.5 Å². The van der Waals surface area contributed by atoms with Crippen LogP contribution in [0.5, 0.6) is 0 Å². The Balaban J connectivity index is 1.19. The molecular weight excluding hydrogens is 538 g/mol. The van der Waals surface area contributed by atoms with E-state index in [4.69, 9.17) is 9.72 Å². The van der Waals surface area contributed by atoms with Crippen LogP contribution < -0.4 is 11.0 Å². The average molecular weight is 577 g/mol. The number of piperazine rings is 1. The molecule has 2 aromatic heterocycles. The number of benzene rings is 2. The van der Waals surface area contributed by atoms with E-state index in [2.05, 4.69) is 49.3 Å². The van der Waals surface area contributed by atoms with E-state index in [9.17, 15) is 8.78 Å². The van der Waals surface area contributed by atoms with Crippen molar-refractivity contribution >= 4 is 17.1 Å². The highest BCUT2D eigenvalue weighted by Crippen LogP contribution is 2.34. The molecule has 6 rings (SSSR count). The van der Waals surface area contributed by atoms with Crippen molar-refractivity contribution in [3.63, 3.8) is 0 Å². The van der Waals surface area contributed by atoms with E-state index in [0.717, 1.165) is 73.6 Å². The van der Waals surface area contributed by atoms with Crippen molar-refractivity contribution in [3.05, 3.63) is 83.3 Å². The SMILES string of the molecule is CC[C@@H]1CN(NNc2ncc3nc(C)n(C[C@@H]4CCCO4)c3n2)[C@@H](C)CN1C(c1ccc(F)cc1)c1ccc(F)cc1. The molecule has 0 unspecified atom stereocenters. The van der Waals surface area contributed by atoms with Crippen LogP contribution in [0.25, 0.3) is 11.2 Å². The molecule has 2 saturated heterocycles. The first-order valence-corrected chi connectivity index (χ1v) is 14.8. The largest absolute Gasteiger partial charge is 0.376 e. The Bertz CT molecular complexity index is 1440. The predicted molar refractivity (Wildman–Crippen MR) is 157 cm³/mol. The van der Waals surface area contributed by atoms with Crippen molar-refractivity contribution in [2.45, 2.75) is 70.8 Å². The van der Waals surface area contributed by atoms with Gasteiger partial charge in [0.25, 0.3) is 0 Å². The minimum absolute atomic E-state index is 0.111. The summed E-state index contributed by atoms with van der Waals surface area (Å²) in [7, 11) is 0. The van der Waals surface area contributed by atoms with E-state index >= 15 is 0 Å². The Labute approximate surface area is 244 Å². The van der Waals surface area contributed by atoms with Gasteiger partial charge in [0.05, 0.1) is 24.9 Å². The summed E-state index contributed by atoms with van der Waals surface area (Å²) in [6.45, 7) is 9.30. The van der Waals surface area contributed by atoms with Crippen molar-refractivity contribution in [1.82, 2.24) is 35.0 Å². The predicted octanol–water partition coefficient (Wildman–Crippen LogP) is 5.00. The number of imidazole rings is 1. The van der Waals surface area contributed by atoms with Gasteiger partial charge in [-0.2, -0.15) is 10.5 Å². The summed E-state index contributed by atoms with van der Waals surface area (Å²) in [4.78, 5) is 16.4. The topological polar surface area (TPSA) is 83.4 Å². The monoisotopic (exact) mass is 576 g/mol. The lowest BCUT2D eigenvalue weighted by atomic mass is 9.93. The van der Waals surface area contributed by atoms with Gasteiger partial charge < -0.3 is 9.30 Å². The molecule has 4 aromatic rings. The third-order valence-electron chi connectivity index (χ3n) is 8.46. The Morgan fingerprint density at radius 2 is 1.69 bits per heavy atom. The second-order valence-electron chi connectivity index (χ2n) is 11.3. The molecule has 2 aliphatic heterocycles. The molecule has 2 aromatic carbocycles. The number of anilines is 1. The maximum absolute atomic E-state index is 13.8. The molecule has 0 radical (unpaired) electrons. The first-order valence-electron chi connectivity index (χ1n) is 14.8. The highest BCUT2D eigenvalue weighted by Gasteiger charge is 2.36. The fourth-order valence-corrected chi connectivity index (χ4v) is 6.19. The molecular formula is C31H38F2N8O. The number of halogens is 2. The molecule has 2 fully saturated rings. The van der Waals surface area contributed by atoms with Gasteiger partial charge in [0.15, 0.2) is 5.65 Å². The van der Waals surface area contributed by atoms with Crippen molar-refractivity contribution in [2.24, 2.45) is 0 Å². The van der Waals surface area contributed by atoms with E-state index in [-0.39, 0.29) is 35.9 Å². The number of aryl methyl sites for hydroxylation is 1. The van der Waals surface area contributed by atoms with Gasteiger partial charge in [0.1, 0.15) is 23.0 Å². The van der Waals surface area contributed by atoms with Gasteiger partial charge in [-0.1, -0.05) is 31.2 Å². The molecule has 2 N–H and O–H groups in total. The number of fused-ring (bicyclic) bond motifs is 1. The maximum atomic E-state index is 13.8. The Hall–Kier alpha value is -3.51. The smallest absolute Gasteiger partial charge is 0.240 e. The molecule has 2 aliphatic rings. The first kappa shape index (κ1) is 28.6. The number of aromatic nitrogens is 4. The zero-order chi connectivity index (χ0) is 29.2. The third-order valence-corrected chi connectivity index (χ3v) is 8.46. The number of rotatable bonds is 9. The van der Waals surface area contributed by atoms with Crippen LogP contribution in [-0.4, -0.2) is 67.3 Å². The molecule has 9 nitrogen and oxygen atoms in total. The lowest BCUT2D eigenvalue weighted by Gasteiger charge is -2.48. The zero-order valence-electron chi connectivity index (χ0n) is 24.3. The van der Waals surface area contributed by atoms with Gasteiger partial charge in [0, 0.05) is 31.8 Å². The summed E-state index contributed by atoms with van der Waals surface area (Å²) in [5.74, 6) is 0.812. The van der Waals surface area contributed by atoms with Crippen LogP contribution in [0.1, 0.15) is 56.1 Å². The van der Waals surface area contributed by atoms with E-state index in [1.165, 1.54) is 24.3 Å². The van der Waals surface area contributed by atoms with Crippen LogP contribution in [0.4, 0.5) is 14.7 Å². The van der Waals surface area contributed by atoms with Gasteiger partial charge >= 0.3 is 0 Å². The van der Waals surface area contributed by atoms with Crippen molar-refractivity contribution in [2.75, 3.05) is 25.1 Å². The number of hydrogen-bond donors (Lipinski definition) is 2. The molecule has 3 atom stereocenters. The fraction of sp³-hybridized carbons (Fsp3) is 0.452. The number of hydrogen-bond acceptors (Lipinski definition) is 8. The van der Waals surface area contributed by atoms with Crippen LogP contribution in [-0.2, 0) is 11.3 Å². The average Bonchev–Trinajstić information content (AvgIpc) is 3.62. The molecule has 0 aliphatic carbocycles. The first-order chi connectivity index (χ1) is 20.4. The molecule has 0 bridgehead atoms. The lowest BCUT2D eigenvalue weighted by molar-refractivity contribution is -0.00878. The third kappa shape index (κ3) is 6.00. The highest BCUT2D eigenvalue weighted by molar-refractivity contribution is 5.71. The Morgan fingerprint density at radius 1 is 1.00 bits per heavy atom. The Morgan fingerprint density at radius 3 is 2.31 bits per heavy atom. The molecule has 0 spiro atoms. The van der Waals surface area contributed by atoms with Crippen LogP contribution in [0.2, 0.25) is 0 Å². The minimum atomic E-state index is -0.275. The minimum Gasteiger partial charge on any atom is -0.376 e.